The van der Waals surface area contributed by atoms with E-state index in [2.05, 4.69) is 12.6 Å². The van der Waals surface area contributed by atoms with Gasteiger partial charge in [-0.15, -0.1) is 11.8 Å². The summed E-state index contributed by atoms with van der Waals surface area (Å²) in [5.74, 6) is 0.606. The van der Waals surface area contributed by atoms with Crippen molar-refractivity contribution in [1.82, 2.24) is 0 Å². The van der Waals surface area contributed by atoms with Crippen LogP contribution in [0.25, 0.3) is 0 Å². The summed E-state index contributed by atoms with van der Waals surface area (Å²) >= 11 is 5.48. The third-order valence-electron chi connectivity index (χ3n) is 1.12. The summed E-state index contributed by atoms with van der Waals surface area (Å²) in [6, 6.07) is 0. The number of thioether (sulfide) groups is 1. The molecular weight excluding hydrogens is 144 g/mol. The maximum absolute atomic E-state index is 8.92. The third kappa shape index (κ3) is 1.13. The Labute approximate surface area is 57.7 Å². The van der Waals surface area contributed by atoms with Crippen LogP contribution in [0.4, 0.5) is 0 Å². The van der Waals surface area contributed by atoms with Gasteiger partial charge in [0.2, 0.25) is 0 Å². The minimum absolute atomic E-state index is 0.0926. The van der Waals surface area contributed by atoms with Gasteiger partial charge >= 0.3 is 0 Å². The van der Waals surface area contributed by atoms with Gasteiger partial charge in [0, 0.05) is 5.75 Å². The van der Waals surface area contributed by atoms with E-state index in [9.17, 15) is 0 Å². The lowest BCUT2D eigenvalue weighted by atomic mass is 10.3. The average Bonchev–Trinajstić information content (AvgIpc) is 1.98. The fraction of sp³-hybridized carbons (Fsp3) is 1.00. The molecule has 0 aromatic carbocycles. The maximum atomic E-state index is 8.92. The SMILES string of the molecule is O[C@@H]1CSC(S)[C@H]1O. The number of thiol groups is 1. The Morgan fingerprint density at radius 1 is 1.50 bits per heavy atom. The molecule has 1 unspecified atom stereocenters. The van der Waals surface area contributed by atoms with Crippen molar-refractivity contribution < 1.29 is 10.2 Å². The second kappa shape index (κ2) is 2.47. The zero-order valence-electron chi connectivity index (χ0n) is 4.19. The van der Waals surface area contributed by atoms with E-state index >= 15 is 0 Å². The summed E-state index contributed by atoms with van der Waals surface area (Å²) < 4.78 is -0.0926. The highest BCUT2D eigenvalue weighted by molar-refractivity contribution is 8.10. The number of hydrogen-bond acceptors (Lipinski definition) is 4. The average molecular weight is 152 g/mol. The lowest BCUT2D eigenvalue weighted by molar-refractivity contribution is 0.0532. The molecule has 4 heteroatoms. The molecule has 1 aliphatic rings. The second-order valence-electron chi connectivity index (χ2n) is 1.78. The van der Waals surface area contributed by atoms with Crippen LogP contribution in [0.5, 0.6) is 0 Å². The Kier molecular flexibility index (Phi) is 2.08. The van der Waals surface area contributed by atoms with Crippen molar-refractivity contribution in [3.05, 3.63) is 0 Å². The Balaban J connectivity index is 2.44. The van der Waals surface area contributed by atoms with E-state index in [-0.39, 0.29) is 4.58 Å². The molecule has 0 spiro atoms. The van der Waals surface area contributed by atoms with E-state index in [1.54, 1.807) is 0 Å². The van der Waals surface area contributed by atoms with Crippen LogP contribution in [-0.2, 0) is 0 Å². The van der Waals surface area contributed by atoms with Gasteiger partial charge in [0.1, 0.15) is 6.10 Å². The molecule has 0 radical (unpaired) electrons. The fourth-order valence-corrected chi connectivity index (χ4v) is 2.01. The van der Waals surface area contributed by atoms with Crippen molar-refractivity contribution in [3.8, 4) is 0 Å². The van der Waals surface area contributed by atoms with Crippen LogP contribution < -0.4 is 0 Å². The molecule has 0 amide bonds. The zero-order valence-corrected chi connectivity index (χ0v) is 5.90. The van der Waals surface area contributed by atoms with Crippen LogP contribution in [-0.4, -0.2) is 32.8 Å². The normalized spacial score (nSPS) is 47.6. The predicted molar refractivity (Wildman–Crippen MR) is 37.2 cm³/mol. The lowest BCUT2D eigenvalue weighted by Crippen LogP contribution is -2.26. The molecule has 1 saturated heterocycles. The summed E-state index contributed by atoms with van der Waals surface area (Å²) in [6.07, 6.45) is -1.20. The van der Waals surface area contributed by atoms with Crippen molar-refractivity contribution in [2.24, 2.45) is 0 Å². The molecule has 1 aliphatic heterocycles. The van der Waals surface area contributed by atoms with Crippen LogP contribution in [0.1, 0.15) is 0 Å². The molecular formula is C4H8O2S2. The molecule has 48 valence electrons. The highest BCUT2D eigenvalue weighted by atomic mass is 32.2. The molecule has 3 atom stereocenters. The van der Waals surface area contributed by atoms with E-state index in [4.69, 9.17) is 10.2 Å². The van der Waals surface area contributed by atoms with Gasteiger partial charge in [-0.1, -0.05) is 0 Å². The van der Waals surface area contributed by atoms with Crippen LogP contribution >= 0.6 is 24.4 Å². The largest absolute Gasteiger partial charge is 0.389 e. The van der Waals surface area contributed by atoms with Crippen LogP contribution in [0.2, 0.25) is 0 Å². The van der Waals surface area contributed by atoms with E-state index in [0.717, 1.165) is 0 Å². The Bertz CT molecular complexity index is 78.1. The minimum Gasteiger partial charge on any atom is -0.389 e. The summed E-state index contributed by atoms with van der Waals surface area (Å²) in [5.41, 5.74) is 0. The second-order valence-corrected chi connectivity index (χ2v) is 3.86. The summed E-state index contributed by atoms with van der Waals surface area (Å²) in [4.78, 5) is 0. The first-order valence-corrected chi connectivity index (χ1v) is 3.94. The van der Waals surface area contributed by atoms with Gasteiger partial charge in [-0.25, -0.2) is 0 Å². The predicted octanol–water partition coefficient (Wildman–Crippen LogP) is -0.289. The van der Waals surface area contributed by atoms with E-state index in [0.29, 0.717) is 5.75 Å². The first-order chi connectivity index (χ1) is 3.72. The van der Waals surface area contributed by atoms with Gasteiger partial charge < -0.3 is 10.2 Å². The Morgan fingerprint density at radius 2 is 2.12 bits per heavy atom. The van der Waals surface area contributed by atoms with E-state index < -0.39 is 12.2 Å². The van der Waals surface area contributed by atoms with Gasteiger partial charge in [-0.3, -0.25) is 0 Å². The topological polar surface area (TPSA) is 40.5 Å². The molecule has 0 aromatic heterocycles. The van der Waals surface area contributed by atoms with Gasteiger partial charge in [0.25, 0.3) is 0 Å². The molecule has 1 rings (SSSR count). The number of aliphatic hydroxyl groups excluding tert-OH is 2. The molecule has 2 nitrogen and oxygen atoms in total. The number of rotatable bonds is 0. The van der Waals surface area contributed by atoms with Crippen molar-refractivity contribution in [2.75, 3.05) is 5.75 Å². The monoisotopic (exact) mass is 152 g/mol. The first kappa shape index (κ1) is 6.74. The Hall–Kier alpha value is 0.620. The molecule has 1 heterocycles. The molecule has 2 N–H and O–H groups in total. The van der Waals surface area contributed by atoms with E-state index in [1.165, 1.54) is 11.8 Å². The van der Waals surface area contributed by atoms with Crippen molar-refractivity contribution in [2.45, 2.75) is 16.8 Å². The van der Waals surface area contributed by atoms with Gasteiger partial charge in [0.15, 0.2) is 0 Å². The zero-order chi connectivity index (χ0) is 6.15. The number of hydrogen-bond donors (Lipinski definition) is 3. The lowest BCUT2D eigenvalue weighted by Gasteiger charge is -2.07. The van der Waals surface area contributed by atoms with Gasteiger partial charge in [-0.05, 0) is 0 Å². The molecule has 0 aromatic rings. The highest BCUT2D eigenvalue weighted by Gasteiger charge is 2.31. The quantitative estimate of drug-likeness (QED) is 0.418. The van der Waals surface area contributed by atoms with E-state index in [1.807, 2.05) is 0 Å². The summed E-state index contributed by atoms with van der Waals surface area (Å²) in [6.45, 7) is 0. The minimum atomic E-state index is -0.636. The molecule has 1 fully saturated rings. The maximum Gasteiger partial charge on any atom is 0.101 e. The molecule has 0 aliphatic carbocycles. The van der Waals surface area contributed by atoms with Crippen molar-refractivity contribution in [1.29, 1.82) is 0 Å². The van der Waals surface area contributed by atoms with Gasteiger partial charge in [0.05, 0.1) is 10.7 Å². The molecule has 0 bridgehead atoms. The smallest absolute Gasteiger partial charge is 0.101 e. The Morgan fingerprint density at radius 3 is 2.25 bits per heavy atom. The highest BCUT2D eigenvalue weighted by Crippen LogP contribution is 2.29. The van der Waals surface area contributed by atoms with Crippen LogP contribution in [0, 0.1) is 0 Å². The third-order valence-corrected chi connectivity index (χ3v) is 3.03. The fourth-order valence-electron chi connectivity index (χ4n) is 0.584. The molecule has 0 saturated carbocycles. The first-order valence-electron chi connectivity index (χ1n) is 2.37. The number of aliphatic hydroxyl groups is 2. The summed E-state index contributed by atoms with van der Waals surface area (Å²) in [7, 11) is 0. The van der Waals surface area contributed by atoms with Crippen LogP contribution in [0.3, 0.4) is 0 Å². The van der Waals surface area contributed by atoms with Crippen molar-refractivity contribution >= 4 is 24.4 Å². The van der Waals surface area contributed by atoms with Gasteiger partial charge in [-0.2, -0.15) is 12.6 Å². The van der Waals surface area contributed by atoms with Crippen molar-refractivity contribution in [3.63, 3.8) is 0 Å². The van der Waals surface area contributed by atoms with Crippen LogP contribution in [0.15, 0.2) is 0 Å². The summed E-state index contributed by atoms with van der Waals surface area (Å²) in [5, 5.41) is 17.8. The molecule has 8 heavy (non-hydrogen) atoms. The standard InChI is InChI=1S/C4H8O2S2/c5-2-1-8-4(7)3(2)6/h2-7H,1H2/t2-,3+,4?/m1/s1.